The van der Waals surface area contributed by atoms with E-state index in [0.29, 0.717) is 12.1 Å². The molecule has 0 saturated heterocycles. The van der Waals surface area contributed by atoms with Crippen LogP contribution in [0.25, 0.3) is 0 Å². The van der Waals surface area contributed by atoms with Crippen LogP contribution in [0.2, 0.25) is 0 Å². The van der Waals surface area contributed by atoms with Crippen LogP contribution in [0.3, 0.4) is 0 Å². The van der Waals surface area contributed by atoms with Gasteiger partial charge in [0.1, 0.15) is 0 Å². The lowest BCUT2D eigenvalue weighted by Crippen LogP contribution is -2.28. The number of hydrogen-bond donors (Lipinski definition) is 1. The molecule has 1 aliphatic rings. The first-order chi connectivity index (χ1) is 8.72. The summed E-state index contributed by atoms with van der Waals surface area (Å²) >= 11 is 0. The quantitative estimate of drug-likeness (QED) is 0.769. The maximum absolute atomic E-state index is 12.0. The fraction of sp³-hybridized carbons (Fsp3) is 0.786. The molecule has 2 rings (SSSR count). The molecule has 1 fully saturated rings. The number of aromatic nitrogens is 2. The number of nitrogens with zero attached hydrogens (tertiary/aromatic N) is 2. The topological polar surface area (TPSA) is 39.0 Å². The molecule has 0 spiro atoms. The van der Waals surface area contributed by atoms with Gasteiger partial charge in [-0.3, -0.25) is 9.13 Å². The fourth-order valence-electron chi connectivity index (χ4n) is 2.29. The van der Waals surface area contributed by atoms with Crippen LogP contribution in [0.5, 0.6) is 0 Å². The molecule has 0 aromatic carbocycles. The van der Waals surface area contributed by atoms with Crippen molar-refractivity contribution in [2.45, 2.75) is 64.6 Å². The minimum absolute atomic E-state index is 0.173. The van der Waals surface area contributed by atoms with E-state index in [1.807, 2.05) is 21.5 Å². The molecule has 1 aromatic rings. The normalized spacial score (nSPS) is 17.0. The van der Waals surface area contributed by atoms with Gasteiger partial charge in [-0.15, -0.1) is 0 Å². The first kappa shape index (κ1) is 13.4. The van der Waals surface area contributed by atoms with Crippen molar-refractivity contribution in [1.29, 1.82) is 0 Å². The molecule has 1 saturated carbocycles. The van der Waals surface area contributed by atoms with Crippen LogP contribution in [0.1, 0.15) is 52.0 Å². The fourth-order valence-corrected chi connectivity index (χ4v) is 2.29. The van der Waals surface area contributed by atoms with Gasteiger partial charge >= 0.3 is 5.69 Å². The standard InChI is InChI=1S/C14H25N3O/c1-3-8-15-12(2)5-4-9-16-10-11-17(14(16)18)13-6-7-13/h10-13,15H,3-9H2,1-2H3. The second-order valence-electron chi connectivity index (χ2n) is 5.41. The Bertz CT molecular complexity index is 417. The predicted octanol–water partition coefficient (Wildman–Crippen LogP) is 2.15. The SMILES string of the molecule is CCCNC(C)CCCn1ccn(C2CC2)c1=O. The number of nitrogens with one attached hydrogen (secondary N) is 1. The van der Waals surface area contributed by atoms with Gasteiger partial charge in [0.05, 0.1) is 0 Å². The van der Waals surface area contributed by atoms with Crippen molar-refractivity contribution < 1.29 is 0 Å². The Morgan fingerprint density at radius 3 is 2.89 bits per heavy atom. The average Bonchev–Trinajstić information content (AvgIpc) is 3.13. The average molecular weight is 251 g/mol. The molecule has 0 radical (unpaired) electrons. The van der Waals surface area contributed by atoms with Crippen LogP contribution in [0.4, 0.5) is 0 Å². The first-order valence-corrected chi connectivity index (χ1v) is 7.23. The van der Waals surface area contributed by atoms with Gasteiger partial charge in [0.2, 0.25) is 0 Å². The molecule has 18 heavy (non-hydrogen) atoms. The van der Waals surface area contributed by atoms with E-state index in [-0.39, 0.29) is 5.69 Å². The summed E-state index contributed by atoms with van der Waals surface area (Å²) in [6.07, 6.45) is 9.58. The molecular formula is C14H25N3O. The molecule has 1 unspecified atom stereocenters. The minimum Gasteiger partial charge on any atom is -0.314 e. The molecule has 1 atom stereocenters. The molecule has 102 valence electrons. The zero-order valence-corrected chi connectivity index (χ0v) is 11.6. The van der Waals surface area contributed by atoms with Gasteiger partial charge < -0.3 is 5.32 Å². The van der Waals surface area contributed by atoms with Crippen molar-refractivity contribution >= 4 is 0 Å². The van der Waals surface area contributed by atoms with Gasteiger partial charge in [0.15, 0.2) is 0 Å². The van der Waals surface area contributed by atoms with Crippen LogP contribution in [0.15, 0.2) is 17.2 Å². The highest BCUT2D eigenvalue weighted by Gasteiger charge is 2.25. The zero-order valence-electron chi connectivity index (χ0n) is 11.6. The minimum atomic E-state index is 0.173. The molecule has 4 heteroatoms. The van der Waals surface area contributed by atoms with Gasteiger partial charge in [0.25, 0.3) is 0 Å². The van der Waals surface area contributed by atoms with E-state index in [0.717, 1.165) is 25.9 Å². The summed E-state index contributed by atoms with van der Waals surface area (Å²) in [7, 11) is 0. The number of imidazole rings is 1. The molecule has 0 amide bonds. The third-order valence-electron chi connectivity index (χ3n) is 3.59. The molecule has 4 nitrogen and oxygen atoms in total. The summed E-state index contributed by atoms with van der Waals surface area (Å²) in [5.41, 5.74) is 0.173. The lowest BCUT2D eigenvalue weighted by Gasteiger charge is -2.12. The van der Waals surface area contributed by atoms with E-state index in [9.17, 15) is 4.79 Å². The Labute approximate surface area is 109 Å². The molecule has 1 N–H and O–H groups in total. The van der Waals surface area contributed by atoms with E-state index in [4.69, 9.17) is 0 Å². The van der Waals surface area contributed by atoms with Crippen molar-refractivity contribution in [1.82, 2.24) is 14.5 Å². The van der Waals surface area contributed by atoms with Crippen molar-refractivity contribution in [2.24, 2.45) is 0 Å². The van der Waals surface area contributed by atoms with Crippen LogP contribution in [0, 0.1) is 0 Å². The Kier molecular flexibility index (Phi) is 4.64. The number of aryl methyl sites for hydroxylation is 1. The second kappa shape index (κ2) is 6.23. The van der Waals surface area contributed by atoms with Crippen molar-refractivity contribution in [2.75, 3.05) is 6.54 Å². The van der Waals surface area contributed by atoms with Crippen molar-refractivity contribution in [3.05, 3.63) is 22.9 Å². The molecule has 0 bridgehead atoms. The number of hydrogen-bond acceptors (Lipinski definition) is 2. The van der Waals surface area contributed by atoms with Crippen LogP contribution in [-0.4, -0.2) is 21.7 Å². The summed E-state index contributed by atoms with van der Waals surface area (Å²) in [6.45, 7) is 6.32. The monoisotopic (exact) mass is 251 g/mol. The molecular weight excluding hydrogens is 226 g/mol. The van der Waals surface area contributed by atoms with Crippen LogP contribution in [-0.2, 0) is 6.54 Å². The predicted molar refractivity (Wildman–Crippen MR) is 74.0 cm³/mol. The summed E-state index contributed by atoms with van der Waals surface area (Å²) in [6, 6.07) is 1.04. The first-order valence-electron chi connectivity index (χ1n) is 7.23. The number of rotatable bonds is 8. The Hall–Kier alpha value is -1.03. The second-order valence-corrected chi connectivity index (χ2v) is 5.41. The van der Waals surface area contributed by atoms with E-state index >= 15 is 0 Å². The Morgan fingerprint density at radius 2 is 2.22 bits per heavy atom. The summed E-state index contributed by atoms with van der Waals surface area (Å²) in [4.78, 5) is 12.0. The van der Waals surface area contributed by atoms with E-state index in [1.165, 1.54) is 19.3 Å². The highest BCUT2D eigenvalue weighted by atomic mass is 16.1. The van der Waals surface area contributed by atoms with Crippen LogP contribution >= 0.6 is 0 Å². The maximum atomic E-state index is 12.0. The van der Waals surface area contributed by atoms with Gasteiger partial charge in [0, 0.05) is 31.0 Å². The van der Waals surface area contributed by atoms with E-state index < -0.39 is 0 Å². The summed E-state index contributed by atoms with van der Waals surface area (Å²) in [5.74, 6) is 0. The molecule has 1 aliphatic carbocycles. The third-order valence-corrected chi connectivity index (χ3v) is 3.59. The third kappa shape index (κ3) is 3.48. The van der Waals surface area contributed by atoms with Crippen LogP contribution < -0.4 is 11.0 Å². The molecule has 1 heterocycles. The molecule has 1 aromatic heterocycles. The van der Waals surface area contributed by atoms with Gasteiger partial charge in [-0.05, 0) is 45.6 Å². The lowest BCUT2D eigenvalue weighted by atomic mass is 10.2. The lowest BCUT2D eigenvalue weighted by molar-refractivity contribution is 0.470. The highest BCUT2D eigenvalue weighted by Crippen LogP contribution is 2.33. The zero-order chi connectivity index (χ0) is 13.0. The highest BCUT2D eigenvalue weighted by molar-refractivity contribution is 4.91. The largest absolute Gasteiger partial charge is 0.328 e. The van der Waals surface area contributed by atoms with E-state index in [1.54, 1.807) is 0 Å². The van der Waals surface area contributed by atoms with Crippen molar-refractivity contribution in [3.8, 4) is 0 Å². The van der Waals surface area contributed by atoms with Gasteiger partial charge in [-0.25, -0.2) is 4.79 Å². The summed E-state index contributed by atoms with van der Waals surface area (Å²) in [5, 5.41) is 3.47. The molecule has 0 aliphatic heterocycles. The summed E-state index contributed by atoms with van der Waals surface area (Å²) < 4.78 is 3.74. The smallest absolute Gasteiger partial charge is 0.314 e. The Balaban J connectivity index is 1.74. The van der Waals surface area contributed by atoms with Gasteiger partial charge in [-0.2, -0.15) is 0 Å². The van der Waals surface area contributed by atoms with Crippen molar-refractivity contribution in [3.63, 3.8) is 0 Å². The van der Waals surface area contributed by atoms with E-state index in [2.05, 4.69) is 19.2 Å². The maximum Gasteiger partial charge on any atom is 0.328 e. The Morgan fingerprint density at radius 1 is 1.44 bits per heavy atom. The van der Waals surface area contributed by atoms with Gasteiger partial charge in [-0.1, -0.05) is 6.92 Å².